The molecule has 0 unspecified atom stereocenters. The summed E-state index contributed by atoms with van der Waals surface area (Å²) < 4.78 is 14.7. The van der Waals surface area contributed by atoms with Crippen molar-refractivity contribution in [3.8, 4) is 22.4 Å². The Morgan fingerprint density at radius 2 is 1.59 bits per heavy atom. The van der Waals surface area contributed by atoms with Crippen LogP contribution in [0.5, 0.6) is 0 Å². The average molecular weight is 396 g/mol. The number of aromatic nitrogens is 1. The molecule has 4 heteroatoms. The fourth-order valence-corrected chi connectivity index (χ4v) is 4.11. The van der Waals surface area contributed by atoms with E-state index in [-0.39, 0.29) is 18.2 Å². The first-order valence-corrected chi connectivity index (χ1v) is 9.05. The number of hydrogen-bond acceptors (Lipinski definition) is 1. The van der Waals surface area contributed by atoms with Gasteiger partial charge in [-0.3, -0.25) is 0 Å². The van der Waals surface area contributed by atoms with Gasteiger partial charge in [-0.05, 0) is 53.8 Å². The highest BCUT2D eigenvalue weighted by Crippen LogP contribution is 2.42. The van der Waals surface area contributed by atoms with E-state index in [1.165, 1.54) is 11.6 Å². The van der Waals surface area contributed by atoms with Gasteiger partial charge in [0.25, 0.3) is 0 Å². The fraction of sp³-hybridized carbons (Fsp3) is 0.0870. The van der Waals surface area contributed by atoms with Crippen LogP contribution in [-0.2, 0) is 12.8 Å². The SMILES string of the molecule is Cl.Fc1ccccc1-c1c2c(nc3ccc(Cl)cc13)-c1ccccc1CC2. The molecule has 134 valence electrons. The second-order valence-electron chi connectivity index (χ2n) is 6.61. The lowest BCUT2D eigenvalue weighted by Gasteiger charge is -2.23. The molecule has 27 heavy (non-hydrogen) atoms. The van der Waals surface area contributed by atoms with Crippen molar-refractivity contribution in [1.82, 2.24) is 4.98 Å². The maximum Gasteiger partial charge on any atom is 0.131 e. The zero-order valence-corrected chi connectivity index (χ0v) is 15.9. The maximum absolute atomic E-state index is 14.7. The predicted molar refractivity (Wildman–Crippen MR) is 112 cm³/mol. The van der Waals surface area contributed by atoms with Crippen LogP contribution in [0.2, 0.25) is 5.02 Å². The number of nitrogens with zero attached hydrogens (tertiary/aromatic N) is 1. The van der Waals surface area contributed by atoms with E-state index in [9.17, 15) is 4.39 Å². The molecule has 0 radical (unpaired) electrons. The van der Waals surface area contributed by atoms with Crippen LogP contribution in [0.4, 0.5) is 4.39 Å². The van der Waals surface area contributed by atoms with Crippen molar-refractivity contribution in [3.63, 3.8) is 0 Å². The largest absolute Gasteiger partial charge is 0.247 e. The van der Waals surface area contributed by atoms with E-state index < -0.39 is 0 Å². The molecular formula is C23H16Cl2FN. The molecule has 0 saturated heterocycles. The van der Waals surface area contributed by atoms with E-state index >= 15 is 0 Å². The highest BCUT2D eigenvalue weighted by molar-refractivity contribution is 6.31. The van der Waals surface area contributed by atoms with Gasteiger partial charge in [0.2, 0.25) is 0 Å². The van der Waals surface area contributed by atoms with Crippen LogP contribution >= 0.6 is 24.0 Å². The van der Waals surface area contributed by atoms with Crippen LogP contribution in [0.1, 0.15) is 11.1 Å². The second kappa shape index (κ2) is 6.95. The van der Waals surface area contributed by atoms with Crippen LogP contribution in [0.3, 0.4) is 0 Å². The molecule has 0 amide bonds. The van der Waals surface area contributed by atoms with E-state index in [4.69, 9.17) is 16.6 Å². The molecule has 0 spiro atoms. The lowest BCUT2D eigenvalue weighted by molar-refractivity contribution is 0.631. The van der Waals surface area contributed by atoms with Gasteiger partial charge in [-0.25, -0.2) is 9.37 Å². The van der Waals surface area contributed by atoms with Gasteiger partial charge in [0.1, 0.15) is 5.82 Å². The Morgan fingerprint density at radius 3 is 2.41 bits per heavy atom. The Bertz CT molecular complexity index is 1170. The van der Waals surface area contributed by atoms with Gasteiger partial charge in [0, 0.05) is 21.5 Å². The fourth-order valence-electron chi connectivity index (χ4n) is 3.94. The van der Waals surface area contributed by atoms with E-state index in [0.717, 1.165) is 46.1 Å². The first kappa shape index (κ1) is 18.0. The maximum atomic E-state index is 14.7. The first-order valence-electron chi connectivity index (χ1n) is 8.68. The molecule has 1 aliphatic rings. The minimum absolute atomic E-state index is 0. The van der Waals surface area contributed by atoms with Gasteiger partial charge in [0.15, 0.2) is 0 Å². The van der Waals surface area contributed by atoms with Gasteiger partial charge >= 0.3 is 0 Å². The molecule has 1 nitrogen and oxygen atoms in total. The lowest BCUT2D eigenvalue weighted by atomic mass is 9.83. The zero-order chi connectivity index (χ0) is 17.7. The van der Waals surface area contributed by atoms with Gasteiger partial charge in [-0.15, -0.1) is 12.4 Å². The highest BCUT2D eigenvalue weighted by atomic mass is 35.5. The minimum Gasteiger partial charge on any atom is -0.247 e. The normalized spacial score (nSPS) is 12.2. The second-order valence-corrected chi connectivity index (χ2v) is 7.05. The predicted octanol–water partition coefficient (Wildman–Crippen LogP) is 6.88. The zero-order valence-electron chi connectivity index (χ0n) is 14.4. The molecule has 5 rings (SSSR count). The third-order valence-corrected chi connectivity index (χ3v) is 5.34. The molecule has 0 N–H and O–H groups in total. The van der Waals surface area contributed by atoms with Gasteiger partial charge in [-0.2, -0.15) is 0 Å². The lowest BCUT2D eigenvalue weighted by Crippen LogP contribution is -2.08. The summed E-state index contributed by atoms with van der Waals surface area (Å²) in [6.07, 6.45) is 1.77. The van der Waals surface area contributed by atoms with Crippen LogP contribution in [-0.4, -0.2) is 4.98 Å². The summed E-state index contributed by atoms with van der Waals surface area (Å²) in [5.41, 5.74) is 6.85. The Kier molecular flexibility index (Phi) is 4.63. The molecule has 1 aromatic heterocycles. The van der Waals surface area contributed by atoms with Gasteiger partial charge in [0.05, 0.1) is 11.2 Å². The molecule has 0 saturated carbocycles. The molecule has 4 aromatic rings. The summed E-state index contributed by atoms with van der Waals surface area (Å²) in [6, 6.07) is 20.9. The molecule has 0 aliphatic heterocycles. The van der Waals surface area contributed by atoms with Crippen LogP contribution < -0.4 is 0 Å². The topological polar surface area (TPSA) is 12.9 Å². The van der Waals surface area contributed by atoms with E-state index in [0.29, 0.717) is 10.6 Å². The Balaban J connectivity index is 0.00000180. The number of aryl methyl sites for hydroxylation is 1. The van der Waals surface area contributed by atoms with Crippen LogP contribution in [0.25, 0.3) is 33.3 Å². The number of hydrogen-bond donors (Lipinski definition) is 0. The molecule has 0 atom stereocenters. The van der Waals surface area contributed by atoms with Gasteiger partial charge in [-0.1, -0.05) is 54.1 Å². The van der Waals surface area contributed by atoms with Crippen molar-refractivity contribution in [2.75, 3.05) is 0 Å². The Morgan fingerprint density at radius 1 is 0.852 bits per heavy atom. The molecule has 0 fully saturated rings. The number of benzene rings is 3. The average Bonchev–Trinajstić information content (AvgIpc) is 2.67. The van der Waals surface area contributed by atoms with Crippen molar-refractivity contribution >= 4 is 34.9 Å². The Hall–Kier alpha value is -2.42. The van der Waals surface area contributed by atoms with Gasteiger partial charge < -0.3 is 0 Å². The summed E-state index contributed by atoms with van der Waals surface area (Å²) >= 11 is 6.26. The van der Waals surface area contributed by atoms with Crippen LogP contribution in [0, 0.1) is 5.82 Å². The summed E-state index contributed by atoms with van der Waals surface area (Å²) in [7, 11) is 0. The highest BCUT2D eigenvalue weighted by Gasteiger charge is 2.24. The van der Waals surface area contributed by atoms with Crippen molar-refractivity contribution in [1.29, 1.82) is 0 Å². The summed E-state index contributed by atoms with van der Waals surface area (Å²) in [6.45, 7) is 0. The van der Waals surface area contributed by atoms with E-state index in [1.54, 1.807) is 6.07 Å². The van der Waals surface area contributed by atoms with Crippen molar-refractivity contribution in [2.45, 2.75) is 12.8 Å². The first-order chi connectivity index (χ1) is 12.7. The number of halogens is 3. The minimum atomic E-state index is -0.221. The smallest absolute Gasteiger partial charge is 0.131 e. The Labute approximate surface area is 168 Å². The molecule has 0 bridgehead atoms. The standard InChI is InChI=1S/C23H15ClFN.ClH/c24-15-10-12-21-19(13-15)22(17-7-3-4-8-20(17)25)18-11-9-14-5-1-2-6-16(14)23(18)26-21;/h1-8,10,12-13H,9,11H2;1H. The monoisotopic (exact) mass is 395 g/mol. The molecule has 1 heterocycles. The molecule has 3 aromatic carbocycles. The van der Waals surface area contributed by atoms with Crippen molar-refractivity contribution in [2.24, 2.45) is 0 Å². The van der Waals surface area contributed by atoms with E-state index in [2.05, 4.69) is 18.2 Å². The quantitative estimate of drug-likeness (QED) is 0.342. The van der Waals surface area contributed by atoms with Crippen molar-refractivity contribution < 1.29 is 4.39 Å². The third-order valence-electron chi connectivity index (χ3n) is 5.11. The third kappa shape index (κ3) is 2.90. The summed E-state index contributed by atoms with van der Waals surface area (Å²) in [4.78, 5) is 4.93. The van der Waals surface area contributed by atoms with Crippen molar-refractivity contribution in [3.05, 3.63) is 88.7 Å². The summed E-state index contributed by atoms with van der Waals surface area (Å²) in [5, 5.41) is 1.54. The van der Waals surface area contributed by atoms with Crippen LogP contribution in [0.15, 0.2) is 66.7 Å². The molecular weight excluding hydrogens is 380 g/mol. The number of rotatable bonds is 1. The molecule has 1 aliphatic carbocycles. The summed E-state index contributed by atoms with van der Waals surface area (Å²) in [5.74, 6) is -0.221. The number of fused-ring (bicyclic) bond motifs is 4. The number of pyridine rings is 1. The van der Waals surface area contributed by atoms with E-state index in [1.807, 2.05) is 36.4 Å².